The summed E-state index contributed by atoms with van der Waals surface area (Å²) >= 11 is 0. The van der Waals surface area contributed by atoms with Gasteiger partial charge < -0.3 is 4.74 Å². The third-order valence-electron chi connectivity index (χ3n) is 1.94. The van der Waals surface area contributed by atoms with Crippen LogP contribution in [0.25, 0.3) is 11.0 Å². The van der Waals surface area contributed by atoms with Crippen LogP contribution in [0.3, 0.4) is 0 Å². The average Bonchev–Trinajstić information content (AvgIpc) is 2.26. The van der Waals surface area contributed by atoms with E-state index in [0.717, 1.165) is 12.1 Å². The Labute approximate surface area is 88.1 Å². The Kier molecular flexibility index (Phi) is 2.37. The van der Waals surface area contributed by atoms with Crippen molar-refractivity contribution in [1.82, 2.24) is 15.2 Å². The van der Waals surface area contributed by atoms with Crippen molar-refractivity contribution in [1.29, 1.82) is 0 Å². The molecule has 0 N–H and O–H groups in total. The second-order valence-corrected chi connectivity index (χ2v) is 3.00. The molecule has 1 aromatic carbocycles. The fraction of sp³-hybridized carbons (Fsp3) is 0.222. The van der Waals surface area contributed by atoms with Gasteiger partial charge in [-0.1, -0.05) is 5.10 Å². The smallest absolute Gasteiger partial charge is 0.416 e. The summed E-state index contributed by atoms with van der Waals surface area (Å²) < 4.78 is 41.8. The van der Waals surface area contributed by atoms with Gasteiger partial charge in [-0.15, -0.1) is 5.10 Å². The molecule has 0 unspecified atom stereocenters. The quantitative estimate of drug-likeness (QED) is 0.750. The van der Waals surface area contributed by atoms with Gasteiger partial charge in [0, 0.05) is 0 Å². The monoisotopic (exact) mass is 229 g/mol. The Morgan fingerprint density at radius 3 is 2.50 bits per heavy atom. The zero-order valence-corrected chi connectivity index (χ0v) is 8.12. The summed E-state index contributed by atoms with van der Waals surface area (Å²) in [7, 11) is 1.35. The standard InChI is InChI=1S/C9H6F3N3O/c1-16-8-13-6-3-2-5(9(10,11)12)4-7(6)14-15-8/h2-4H,1H3. The summed E-state index contributed by atoms with van der Waals surface area (Å²) in [6.07, 6.45) is -4.39. The lowest BCUT2D eigenvalue weighted by atomic mass is 10.2. The number of aromatic nitrogens is 3. The van der Waals surface area contributed by atoms with Gasteiger partial charge in [0.05, 0.1) is 18.2 Å². The van der Waals surface area contributed by atoms with Gasteiger partial charge in [0.25, 0.3) is 0 Å². The molecule has 0 aliphatic rings. The number of halogens is 3. The van der Waals surface area contributed by atoms with Gasteiger partial charge in [0.2, 0.25) is 0 Å². The van der Waals surface area contributed by atoms with E-state index in [1.54, 1.807) is 0 Å². The van der Waals surface area contributed by atoms with E-state index in [-0.39, 0.29) is 11.5 Å². The number of hydrogen-bond donors (Lipinski definition) is 0. The molecule has 0 saturated heterocycles. The Morgan fingerprint density at radius 2 is 1.88 bits per heavy atom. The van der Waals surface area contributed by atoms with E-state index in [9.17, 15) is 13.2 Å². The van der Waals surface area contributed by atoms with Gasteiger partial charge in [-0.2, -0.15) is 18.2 Å². The molecule has 0 amide bonds. The molecule has 0 aliphatic heterocycles. The Hall–Kier alpha value is -1.92. The highest BCUT2D eigenvalue weighted by Crippen LogP contribution is 2.30. The Bertz CT molecular complexity index is 527. The number of hydrogen-bond acceptors (Lipinski definition) is 4. The molecular weight excluding hydrogens is 223 g/mol. The first-order valence-corrected chi connectivity index (χ1v) is 4.26. The molecule has 0 saturated carbocycles. The van der Waals surface area contributed by atoms with Crippen LogP contribution in [0, 0.1) is 0 Å². The fourth-order valence-electron chi connectivity index (χ4n) is 1.18. The maximum absolute atomic E-state index is 12.4. The van der Waals surface area contributed by atoms with Crippen LogP contribution in [0.4, 0.5) is 13.2 Å². The van der Waals surface area contributed by atoms with E-state index in [1.165, 1.54) is 13.2 Å². The highest BCUT2D eigenvalue weighted by Gasteiger charge is 2.30. The first kappa shape index (κ1) is 10.6. The first-order chi connectivity index (χ1) is 7.50. The summed E-state index contributed by atoms with van der Waals surface area (Å²) in [5.41, 5.74) is -0.392. The van der Waals surface area contributed by atoms with E-state index in [1.807, 2.05) is 0 Å². The van der Waals surface area contributed by atoms with Crippen LogP contribution < -0.4 is 4.74 Å². The summed E-state index contributed by atoms with van der Waals surface area (Å²) in [4.78, 5) is 3.85. The highest BCUT2D eigenvalue weighted by atomic mass is 19.4. The summed E-state index contributed by atoms with van der Waals surface area (Å²) in [5, 5.41) is 7.09. The fourth-order valence-corrected chi connectivity index (χ4v) is 1.18. The van der Waals surface area contributed by atoms with Gasteiger partial charge >= 0.3 is 12.2 Å². The van der Waals surface area contributed by atoms with Gasteiger partial charge in [0.1, 0.15) is 5.52 Å². The van der Waals surface area contributed by atoms with E-state index in [4.69, 9.17) is 4.74 Å². The van der Waals surface area contributed by atoms with Gasteiger partial charge in [0.15, 0.2) is 0 Å². The molecule has 0 spiro atoms. The molecule has 2 aromatic rings. The van der Waals surface area contributed by atoms with Crippen LogP contribution in [-0.2, 0) is 6.18 Å². The lowest BCUT2D eigenvalue weighted by Crippen LogP contribution is -2.05. The van der Waals surface area contributed by atoms with Crippen molar-refractivity contribution in [3.8, 4) is 6.01 Å². The molecular formula is C9H6F3N3O. The van der Waals surface area contributed by atoms with Crippen LogP contribution in [0.15, 0.2) is 18.2 Å². The van der Waals surface area contributed by atoms with Gasteiger partial charge in [-0.3, -0.25) is 0 Å². The van der Waals surface area contributed by atoms with Crippen molar-refractivity contribution < 1.29 is 17.9 Å². The van der Waals surface area contributed by atoms with E-state index < -0.39 is 11.7 Å². The molecule has 1 aromatic heterocycles. The van der Waals surface area contributed by atoms with Gasteiger partial charge in [-0.25, -0.2) is 0 Å². The maximum atomic E-state index is 12.4. The molecule has 0 aliphatic carbocycles. The van der Waals surface area contributed by atoms with Crippen LogP contribution in [-0.4, -0.2) is 22.3 Å². The number of ether oxygens (including phenoxy) is 1. The number of alkyl halides is 3. The molecule has 0 radical (unpaired) electrons. The third-order valence-corrected chi connectivity index (χ3v) is 1.94. The van der Waals surface area contributed by atoms with E-state index >= 15 is 0 Å². The molecule has 1 heterocycles. The van der Waals surface area contributed by atoms with E-state index in [0.29, 0.717) is 5.52 Å². The number of methoxy groups -OCH3 is 1. The van der Waals surface area contributed by atoms with Crippen LogP contribution in [0.1, 0.15) is 5.56 Å². The Morgan fingerprint density at radius 1 is 1.12 bits per heavy atom. The minimum atomic E-state index is -4.39. The summed E-state index contributed by atoms with van der Waals surface area (Å²) in [6.45, 7) is 0. The third kappa shape index (κ3) is 1.88. The molecule has 0 bridgehead atoms. The molecule has 0 atom stereocenters. The SMILES string of the molecule is COc1nnc2cc(C(F)(F)F)ccc2n1. The summed E-state index contributed by atoms with van der Waals surface area (Å²) in [6, 6.07) is 3.09. The van der Waals surface area contributed by atoms with Crippen molar-refractivity contribution >= 4 is 11.0 Å². The molecule has 16 heavy (non-hydrogen) atoms. The average molecular weight is 229 g/mol. The van der Waals surface area contributed by atoms with E-state index in [2.05, 4.69) is 15.2 Å². The van der Waals surface area contributed by atoms with Crippen molar-refractivity contribution in [2.24, 2.45) is 0 Å². The minimum Gasteiger partial charge on any atom is -0.466 e. The highest BCUT2D eigenvalue weighted by molar-refractivity contribution is 5.74. The number of fused-ring (bicyclic) bond motifs is 1. The number of benzene rings is 1. The molecule has 2 rings (SSSR count). The largest absolute Gasteiger partial charge is 0.466 e. The topological polar surface area (TPSA) is 47.9 Å². The molecule has 84 valence electrons. The normalized spacial score (nSPS) is 11.8. The lowest BCUT2D eigenvalue weighted by Gasteiger charge is -2.06. The molecule has 7 heteroatoms. The number of rotatable bonds is 1. The Balaban J connectivity index is 2.56. The first-order valence-electron chi connectivity index (χ1n) is 4.26. The van der Waals surface area contributed by atoms with Gasteiger partial charge in [-0.05, 0) is 18.2 Å². The second-order valence-electron chi connectivity index (χ2n) is 3.00. The number of nitrogens with zero attached hydrogens (tertiary/aromatic N) is 3. The van der Waals surface area contributed by atoms with Crippen LogP contribution in [0.2, 0.25) is 0 Å². The van der Waals surface area contributed by atoms with Crippen LogP contribution in [0.5, 0.6) is 6.01 Å². The second kappa shape index (κ2) is 3.58. The van der Waals surface area contributed by atoms with Crippen molar-refractivity contribution in [3.05, 3.63) is 23.8 Å². The zero-order chi connectivity index (χ0) is 11.8. The van der Waals surface area contributed by atoms with Crippen molar-refractivity contribution in [3.63, 3.8) is 0 Å². The van der Waals surface area contributed by atoms with Crippen molar-refractivity contribution in [2.45, 2.75) is 6.18 Å². The summed E-state index contributed by atoms with van der Waals surface area (Å²) in [5.74, 6) is 0. The molecule has 4 nitrogen and oxygen atoms in total. The van der Waals surface area contributed by atoms with Crippen molar-refractivity contribution in [2.75, 3.05) is 7.11 Å². The minimum absolute atomic E-state index is 0.0206. The predicted octanol–water partition coefficient (Wildman–Crippen LogP) is 2.05. The lowest BCUT2D eigenvalue weighted by molar-refractivity contribution is -0.137. The molecule has 0 fully saturated rings. The zero-order valence-electron chi connectivity index (χ0n) is 8.12. The predicted molar refractivity (Wildman–Crippen MR) is 48.9 cm³/mol. The maximum Gasteiger partial charge on any atom is 0.416 e. The van der Waals surface area contributed by atoms with Crippen LogP contribution >= 0.6 is 0 Å².